The molecular weight excluding hydrogens is 292 g/mol. The number of carboxylic acids is 1. The van der Waals surface area contributed by atoms with Crippen molar-refractivity contribution >= 4 is 39.3 Å². The van der Waals surface area contributed by atoms with Gasteiger partial charge in [0, 0.05) is 12.4 Å². The summed E-state index contributed by atoms with van der Waals surface area (Å²) in [6, 6.07) is 11.3. The summed E-state index contributed by atoms with van der Waals surface area (Å²) < 4.78 is 1.81. The van der Waals surface area contributed by atoms with Crippen molar-refractivity contribution in [1.29, 1.82) is 0 Å². The standard InChI is InChI=1S/C14H10N2O2S2/c17-13(18)12(9-4-3-7-15-8-9)20-14-16-10-5-1-2-6-11(10)19-14/h1-8,12H,(H,17,18). The van der Waals surface area contributed by atoms with Gasteiger partial charge in [-0.25, -0.2) is 4.98 Å². The lowest BCUT2D eigenvalue weighted by Gasteiger charge is -2.09. The van der Waals surface area contributed by atoms with E-state index in [2.05, 4.69) is 9.97 Å². The van der Waals surface area contributed by atoms with E-state index in [1.54, 1.807) is 24.5 Å². The summed E-state index contributed by atoms with van der Waals surface area (Å²) in [4.78, 5) is 19.9. The molecule has 0 saturated heterocycles. The number of fused-ring (bicyclic) bond motifs is 1. The molecule has 1 unspecified atom stereocenters. The van der Waals surface area contributed by atoms with Crippen molar-refractivity contribution in [3.63, 3.8) is 0 Å². The van der Waals surface area contributed by atoms with E-state index in [0.29, 0.717) is 5.56 Å². The highest BCUT2D eigenvalue weighted by molar-refractivity contribution is 8.02. The predicted molar refractivity (Wildman–Crippen MR) is 80.1 cm³/mol. The SMILES string of the molecule is O=C(O)C(Sc1nc2ccccc2s1)c1cccnc1. The zero-order valence-corrected chi connectivity index (χ0v) is 11.9. The number of aromatic nitrogens is 2. The quantitative estimate of drug-likeness (QED) is 0.746. The first-order valence-electron chi connectivity index (χ1n) is 5.89. The second-order valence-electron chi connectivity index (χ2n) is 4.07. The maximum absolute atomic E-state index is 11.4. The molecule has 0 aliphatic heterocycles. The molecule has 100 valence electrons. The van der Waals surface area contributed by atoms with Gasteiger partial charge in [-0.15, -0.1) is 11.3 Å². The lowest BCUT2D eigenvalue weighted by Crippen LogP contribution is -2.07. The van der Waals surface area contributed by atoms with Crippen LogP contribution in [0.2, 0.25) is 0 Å². The van der Waals surface area contributed by atoms with Crippen LogP contribution in [0.25, 0.3) is 10.2 Å². The van der Waals surface area contributed by atoms with E-state index in [9.17, 15) is 9.90 Å². The van der Waals surface area contributed by atoms with E-state index in [1.807, 2.05) is 24.3 Å². The minimum Gasteiger partial charge on any atom is -0.480 e. The molecule has 0 bridgehead atoms. The third-order valence-electron chi connectivity index (χ3n) is 2.70. The van der Waals surface area contributed by atoms with Crippen LogP contribution in [0.15, 0.2) is 53.1 Å². The van der Waals surface area contributed by atoms with E-state index < -0.39 is 11.2 Å². The number of thioether (sulfide) groups is 1. The molecule has 0 fully saturated rings. The van der Waals surface area contributed by atoms with Gasteiger partial charge in [0.25, 0.3) is 0 Å². The Morgan fingerprint density at radius 1 is 1.25 bits per heavy atom. The predicted octanol–water partition coefficient (Wildman–Crippen LogP) is 3.61. The summed E-state index contributed by atoms with van der Waals surface area (Å²) in [5.41, 5.74) is 1.57. The van der Waals surface area contributed by atoms with Crippen LogP contribution in [-0.4, -0.2) is 21.0 Å². The van der Waals surface area contributed by atoms with E-state index in [4.69, 9.17) is 0 Å². The Hall–Kier alpha value is -1.92. The van der Waals surface area contributed by atoms with E-state index in [1.165, 1.54) is 23.1 Å². The molecule has 0 spiro atoms. The highest BCUT2D eigenvalue weighted by Crippen LogP contribution is 2.39. The number of benzene rings is 1. The van der Waals surface area contributed by atoms with Crippen molar-refractivity contribution in [2.75, 3.05) is 0 Å². The summed E-state index contributed by atoms with van der Waals surface area (Å²) >= 11 is 2.75. The van der Waals surface area contributed by atoms with Gasteiger partial charge in [0.05, 0.1) is 10.2 Å². The summed E-state index contributed by atoms with van der Waals surface area (Å²) in [7, 11) is 0. The number of carbonyl (C=O) groups is 1. The van der Waals surface area contributed by atoms with Crippen molar-refractivity contribution in [2.45, 2.75) is 9.59 Å². The smallest absolute Gasteiger partial charge is 0.321 e. The van der Waals surface area contributed by atoms with Crippen LogP contribution in [0.5, 0.6) is 0 Å². The summed E-state index contributed by atoms with van der Waals surface area (Å²) in [6.45, 7) is 0. The normalized spacial score (nSPS) is 12.4. The van der Waals surface area contributed by atoms with Crippen molar-refractivity contribution < 1.29 is 9.90 Å². The number of thiazole rings is 1. The zero-order valence-electron chi connectivity index (χ0n) is 10.3. The number of aliphatic carboxylic acids is 1. The molecule has 1 N–H and O–H groups in total. The van der Waals surface area contributed by atoms with Gasteiger partial charge in [-0.2, -0.15) is 0 Å². The van der Waals surface area contributed by atoms with E-state index in [-0.39, 0.29) is 0 Å². The van der Waals surface area contributed by atoms with Gasteiger partial charge in [-0.3, -0.25) is 9.78 Å². The number of hydrogen-bond acceptors (Lipinski definition) is 5. The second kappa shape index (κ2) is 5.60. The zero-order chi connectivity index (χ0) is 13.9. The highest BCUT2D eigenvalue weighted by atomic mass is 32.2. The molecule has 3 rings (SSSR count). The van der Waals surface area contributed by atoms with Gasteiger partial charge < -0.3 is 5.11 Å². The number of rotatable bonds is 4. The second-order valence-corrected chi connectivity index (χ2v) is 6.45. The van der Waals surface area contributed by atoms with Crippen molar-refractivity contribution in [3.05, 3.63) is 54.4 Å². The molecule has 0 amide bonds. The first-order chi connectivity index (χ1) is 9.74. The van der Waals surface area contributed by atoms with Gasteiger partial charge in [0.1, 0.15) is 5.25 Å². The maximum atomic E-state index is 11.4. The largest absolute Gasteiger partial charge is 0.480 e. The van der Waals surface area contributed by atoms with Crippen LogP contribution >= 0.6 is 23.1 Å². The lowest BCUT2D eigenvalue weighted by atomic mass is 10.2. The van der Waals surface area contributed by atoms with Gasteiger partial charge in [0.15, 0.2) is 4.34 Å². The average molecular weight is 302 g/mol. The van der Waals surface area contributed by atoms with E-state index in [0.717, 1.165) is 14.6 Å². The van der Waals surface area contributed by atoms with Crippen LogP contribution in [0.1, 0.15) is 10.8 Å². The monoisotopic (exact) mass is 302 g/mol. The molecule has 2 aromatic heterocycles. The fourth-order valence-electron chi connectivity index (χ4n) is 1.79. The molecule has 1 atom stereocenters. The minimum absolute atomic E-state index is 0.671. The summed E-state index contributed by atoms with van der Waals surface area (Å²) in [5, 5.41) is 8.70. The van der Waals surface area contributed by atoms with Crippen LogP contribution < -0.4 is 0 Å². The Labute approximate surface area is 123 Å². The van der Waals surface area contributed by atoms with Crippen LogP contribution in [-0.2, 0) is 4.79 Å². The first kappa shape index (κ1) is 13.1. The van der Waals surface area contributed by atoms with Crippen LogP contribution in [0.4, 0.5) is 0 Å². The number of hydrogen-bond donors (Lipinski definition) is 1. The number of nitrogens with zero attached hydrogens (tertiary/aromatic N) is 2. The Morgan fingerprint density at radius 2 is 2.10 bits per heavy atom. The molecule has 0 aliphatic rings. The Kier molecular flexibility index (Phi) is 3.66. The molecule has 0 radical (unpaired) electrons. The molecule has 2 heterocycles. The molecule has 0 saturated carbocycles. The molecule has 0 aliphatic carbocycles. The van der Waals surface area contributed by atoms with Gasteiger partial charge >= 0.3 is 5.97 Å². The van der Waals surface area contributed by atoms with Crippen molar-refractivity contribution in [2.24, 2.45) is 0 Å². The molecule has 6 heteroatoms. The maximum Gasteiger partial charge on any atom is 0.321 e. The molecule has 3 aromatic rings. The summed E-state index contributed by atoms with van der Waals surface area (Å²) in [6.07, 6.45) is 3.21. The fraction of sp³-hybridized carbons (Fsp3) is 0.0714. The third kappa shape index (κ3) is 2.66. The van der Waals surface area contributed by atoms with Crippen LogP contribution in [0.3, 0.4) is 0 Å². The van der Waals surface area contributed by atoms with Crippen molar-refractivity contribution in [3.8, 4) is 0 Å². The Bertz CT molecular complexity index is 710. The fourth-order valence-corrected chi connectivity index (χ4v) is 3.97. The molecule has 1 aromatic carbocycles. The molecule has 20 heavy (non-hydrogen) atoms. The highest BCUT2D eigenvalue weighted by Gasteiger charge is 2.23. The van der Waals surface area contributed by atoms with Gasteiger partial charge in [0.2, 0.25) is 0 Å². The Balaban J connectivity index is 1.92. The topological polar surface area (TPSA) is 63.1 Å². The summed E-state index contributed by atoms with van der Waals surface area (Å²) in [5.74, 6) is -0.887. The first-order valence-corrected chi connectivity index (χ1v) is 7.58. The number of pyridine rings is 1. The molecule has 4 nitrogen and oxygen atoms in total. The van der Waals surface area contributed by atoms with Gasteiger partial charge in [-0.1, -0.05) is 30.0 Å². The minimum atomic E-state index is -0.887. The van der Waals surface area contributed by atoms with Crippen LogP contribution in [0, 0.1) is 0 Å². The Morgan fingerprint density at radius 3 is 2.80 bits per heavy atom. The average Bonchev–Trinajstić information content (AvgIpc) is 2.88. The van der Waals surface area contributed by atoms with Crippen molar-refractivity contribution in [1.82, 2.24) is 9.97 Å². The van der Waals surface area contributed by atoms with Gasteiger partial charge in [-0.05, 0) is 23.8 Å². The number of carboxylic acid groups (broad SMARTS) is 1. The molecular formula is C14H10N2O2S2. The van der Waals surface area contributed by atoms with E-state index >= 15 is 0 Å². The lowest BCUT2D eigenvalue weighted by molar-refractivity contribution is -0.136. The number of para-hydroxylation sites is 1. The third-order valence-corrected chi connectivity index (χ3v) is 5.08.